The van der Waals surface area contributed by atoms with Crippen LogP contribution in [0, 0.1) is 13.8 Å². The van der Waals surface area contributed by atoms with Gasteiger partial charge in [0.25, 0.3) is 5.91 Å². The van der Waals surface area contributed by atoms with Crippen molar-refractivity contribution in [2.75, 3.05) is 26.2 Å². The van der Waals surface area contributed by atoms with Gasteiger partial charge >= 0.3 is 0 Å². The number of aromatic nitrogens is 1. The molecule has 0 aliphatic carbocycles. The van der Waals surface area contributed by atoms with Crippen molar-refractivity contribution in [3.63, 3.8) is 0 Å². The van der Waals surface area contributed by atoms with Gasteiger partial charge < -0.3 is 9.47 Å². The summed E-state index contributed by atoms with van der Waals surface area (Å²) < 4.78 is 2.25. The second kappa shape index (κ2) is 9.11. The number of carbonyl (C=O) groups is 1. The number of piperazine rings is 1. The molecule has 0 bridgehead atoms. The normalized spacial score (nSPS) is 15.1. The van der Waals surface area contributed by atoms with Gasteiger partial charge in [0.2, 0.25) is 0 Å². The van der Waals surface area contributed by atoms with Crippen molar-refractivity contribution in [1.82, 2.24) is 14.4 Å². The highest BCUT2D eigenvalue weighted by Crippen LogP contribution is 2.30. The number of rotatable bonds is 5. The molecule has 1 fully saturated rings. The Kier molecular flexibility index (Phi) is 6.28. The molecule has 1 saturated heterocycles. The molecule has 2 heterocycles. The summed E-state index contributed by atoms with van der Waals surface area (Å²) >= 11 is 0. The lowest BCUT2D eigenvalue weighted by Gasteiger charge is -2.39. The van der Waals surface area contributed by atoms with Gasteiger partial charge in [0.05, 0.1) is 11.6 Å². The Morgan fingerprint density at radius 2 is 1.32 bits per heavy atom. The fourth-order valence-electron chi connectivity index (χ4n) is 5.03. The fraction of sp³-hybridized carbons (Fsp3) is 0.370. The van der Waals surface area contributed by atoms with E-state index in [1.807, 2.05) is 4.90 Å². The van der Waals surface area contributed by atoms with E-state index >= 15 is 0 Å². The molecule has 0 atom stereocenters. The minimum atomic E-state index is 0.163. The fourth-order valence-corrected chi connectivity index (χ4v) is 5.03. The third kappa shape index (κ3) is 4.31. The summed E-state index contributed by atoms with van der Waals surface area (Å²) in [6.07, 6.45) is 0. The van der Waals surface area contributed by atoms with Crippen molar-refractivity contribution in [2.24, 2.45) is 0 Å². The second-order valence-corrected chi connectivity index (χ2v) is 8.80. The Hall–Kier alpha value is -2.85. The van der Waals surface area contributed by atoms with Crippen LogP contribution in [0.25, 0.3) is 0 Å². The standard InChI is InChI=1S/C27H33N3O/c1-20(2)30-21(3)19-25(22(30)4)27(31)29-17-15-28(16-18-29)26(23-11-7-5-8-12-23)24-13-9-6-10-14-24/h5-14,19-20,26H,15-18H2,1-4H3. The van der Waals surface area contributed by atoms with Crippen molar-refractivity contribution in [3.8, 4) is 0 Å². The number of hydrogen-bond acceptors (Lipinski definition) is 2. The number of nitrogens with zero attached hydrogens (tertiary/aromatic N) is 3. The number of carbonyl (C=O) groups excluding carboxylic acids is 1. The van der Waals surface area contributed by atoms with E-state index in [1.54, 1.807) is 0 Å². The van der Waals surface area contributed by atoms with Gasteiger partial charge in [-0.3, -0.25) is 9.69 Å². The van der Waals surface area contributed by atoms with Crippen molar-refractivity contribution in [1.29, 1.82) is 0 Å². The van der Waals surface area contributed by atoms with E-state index in [0.717, 1.165) is 43.1 Å². The number of hydrogen-bond donors (Lipinski definition) is 0. The largest absolute Gasteiger partial charge is 0.346 e. The first-order valence-corrected chi connectivity index (χ1v) is 11.3. The van der Waals surface area contributed by atoms with E-state index in [0.29, 0.717) is 6.04 Å². The molecule has 1 amide bonds. The highest BCUT2D eigenvalue weighted by molar-refractivity contribution is 5.95. The molecule has 4 nitrogen and oxygen atoms in total. The predicted molar refractivity (Wildman–Crippen MR) is 126 cm³/mol. The van der Waals surface area contributed by atoms with Gasteiger partial charge in [-0.15, -0.1) is 0 Å². The van der Waals surface area contributed by atoms with Gasteiger partial charge in [-0.05, 0) is 44.9 Å². The second-order valence-electron chi connectivity index (χ2n) is 8.80. The van der Waals surface area contributed by atoms with Crippen LogP contribution in [0.4, 0.5) is 0 Å². The average molecular weight is 416 g/mol. The summed E-state index contributed by atoms with van der Waals surface area (Å²) in [7, 11) is 0. The van der Waals surface area contributed by atoms with E-state index in [-0.39, 0.29) is 11.9 Å². The van der Waals surface area contributed by atoms with E-state index < -0.39 is 0 Å². The minimum Gasteiger partial charge on any atom is -0.346 e. The molecule has 0 unspecified atom stereocenters. The summed E-state index contributed by atoms with van der Waals surface area (Å²) in [5.74, 6) is 0.163. The summed E-state index contributed by atoms with van der Waals surface area (Å²) in [6.45, 7) is 11.7. The van der Waals surface area contributed by atoms with Crippen molar-refractivity contribution in [3.05, 3.63) is 94.8 Å². The van der Waals surface area contributed by atoms with Crippen LogP contribution in [0.15, 0.2) is 66.7 Å². The van der Waals surface area contributed by atoms with Crippen LogP contribution in [-0.4, -0.2) is 46.5 Å². The maximum atomic E-state index is 13.3. The molecule has 1 aromatic heterocycles. The molecule has 0 N–H and O–H groups in total. The monoisotopic (exact) mass is 415 g/mol. The lowest BCUT2D eigenvalue weighted by Crippen LogP contribution is -2.50. The first kappa shape index (κ1) is 21.4. The third-order valence-electron chi connectivity index (χ3n) is 6.43. The molecule has 0 spiro atoms. The molecule has 1 aliphatic heterocycles. The van der Waals surface area contributed by atoms with Crippen molar-refractivity contribution < 1.29 is 4.79 Å². The average Bonchev–Trinajstić information content (AvgIpc) is 3.09. The van der Waals surface area contributed by atoms with Gasteiger partial charge in [-0.1, -0.05) is 60.7 Å². The summed E-state index contributed by atoms with van der Waals surface area (Å²) in [5.41, 5.74) is 5.68. The van der Waals surface area contributed by atoms with Gasteiger partial charge in [-0.2, -0.15) is 0 Å². The molecule has 4 heteroatoms. The zero-order chi connectivity index (χ0) is 22.0. The van der Waals surface area contributed by atoms with Crippen molar-refractivity contribution >= 4 is 5.91 Å². The van der Waals surface area contributed by atoms with E-state index in [2.05, 4.69) is 104 Å². The number of amides is 1. The zero-order valence-electron chi connectivity index (χ0n) is 19.1. The highest BCUT2D eigenvalue weighted by Gasteiger charge is 2.29. The Bertz CT molecular complexity index is 976. The first-order valence-electron chi connectivity index (χ1n) is 11.3. The van der Waals surface area contributed by atoms with Crippen LogP contribution in [0.5, 0.6) is 0 Å². The Balaban J connectivity index is 1.52. The minimum absolute atomic E-state index is 0.163. The highest BCUT2D eigenvalue weighted by atomic mass is 16.2. The van der Waals surface area contributed by atoms with Crippen LogP contribution in [0.1, 0.15) is 58.8 Å². The van der Waals surface area contributed by atoms with E-state index in [9.17, 15) is 4.79 Å². The van der Waals surface area contributed by atoms with Crippen molar-refractivity contribution in [2.45, 2.75) is 39.8 Å². The van der Waals surface area contributed by atoms with Gasteiger partial charge in [0.1, 0.15) is 0 Å². The molecule has 4 rings (SSSR count). The molecular formula is C27H33N3O. The molecule has 162 valence electrons. The Labute approximate surface area is 186 Å². The van der Waals surface area contributed by atoms with E-state index in [1.165, 1.54) is 11.1 Å². The Morgan fingerprint density at radius 3 is 1.77 bits per heavy atom. The Morgan fingerprint density at radius 1 is 0.806 bits per heavy atom. The summed E-state index contributed by atoms with van der Waals surface area (Å²) in [5, 5.41) is 0. The number of aryl methyl sites for hydroxylation is 1. The molecule has 3 aromatic rings. The first-order chi connectivity index (χ1) is 15.0. The quantitative estimate of drug-likeness (QED) is 0.571. The van der Waals surface area contributed by atoms with Crippen LogP contribution >= 0.6 is 0 Å². The molecule has 0 radical (unpaired) electrons. The molecule has 1 aliphatic rings. The SMILES string of the molecule is Cc1cc(C(=O)N2CCN(C(c3ccccc3)c3ccccc3)CC2)c(C)n1C(C)C. The molecule has 0 saturated carbocycles. The maximum absolute atomic E-state index is 13.3. The molecular weight excluding hydrogens is 382 g/mol. The molecule has 31 heavy (non-hydrogen) atoms. The van der Waals surface area contributed by atoms with Gasteiger partial charge in [-0.25, -0.2) is 0 Å². The maximum Gasteiger partial charge on any atom is 0.255 e. The zero-order valence-corrected chi connectivity index (χ0v) is 19.1. The number of benzene rings is 2. The third-order valence-corrected chi connectivity index (χ3v) is 6.43. The van der Waals surface area contributed by atoms with Gasteiger partial charge in [0, 0.05) is 43.6 Å². The smallest absolute Gasteiger partial charge is 0.255 e. The molecule has 2 aromatic carbocycles. The van der Waals surface area contributed by atoms with Crippen LogP contribution in [-0.2, 0) is 0 Å². The van der Waals surface area contributed by atoms with Crippen LogP contribution in [0.2, 0.25) is 0 Å². The van der Waals surface area contributed by atoms with Crippen LogP contribution < -0.4 is 0 Å². The van der Waals surface area contributed by atoms with Crippen LogP contribution in [0.3, 0.4) is 0 Å². The predicted octanol–water partition coefficient (Wildman–Crippen LogP) is 5.23. The lowest BCUT2D eigenvalue weighted by atomic mass is 9.96. The lowest BCUT2D eigenvalue weighted by molar-refractivity contribution is 0.0596. The summed E-state index contributed by atoms with van der Waals surface area (Å²) in [6, 6.07) is 24.0. The van der Waals surface area contributed by atoms with Gasteiger partial charge in [0.15, 0.2) is 0 Å². The van der Waals surface area contributed by atoms with E-state index in [4.69, 9.17) is 0 Å². The summed E-state index contributed by atoms with van der Waals surface area (Å²) in [4.78, 5) is 17.8. The topological polar surface area (TPSA) is 28.5 Å².